The second-order valence-corrected chi connectivity index (χ2v) is 10.4. The molecule has 4 aromatic rings. The Balaban J connectivity index is 1.30. The number of Topliss-reactive ketones (excluding diaryl/α,β-unsaturated/α-hetero) is 1. The van der Waals surface area contributed by atoms with Crippen LogP contribution >= 0.6 is 0 Å². The Morgan fingerprint density at radius 2 is 1.52 bits per heavy atom. The van der Waals surface area contributed by atoms with Crippen molar-refractivity contribution in [2.75, 3.05) is 55.5 Å². The van der Waals surface area contributed by atoms with Gasteiger partial charge in [0.1, 0.15) is 11.5 Å². The molecule has 1 aromatic heterocycles. The van der Waals surface area contributed by atoms with E-state index in [2.05, 4.69) is 46.3 Å². The average Bonchev–Trinajstić information content (AvgIpc) is 3.57. The molecule has 0 bridgehead atoms. The summed E-state index contributed by atoms with van der Waals surface area (Å²) in [6, 6.07) is 23.1. The van der Waals surface area contributed by atoms with E-state index in [0.717, 1.165) is 48.9 Å². The number of carbonyl (C=O) groups excluding carboxylic acids is 2. The summed E-state index contributed by atoms with van der Waals surface area (Å²) >= 11 is 0. The molecule has 0 aliphatic carbocycles. The van der Waals surface area contributed by atoms with Crippen molar-refractivity contribution in [3.63, 3.8) is 0 Å². The first kappa shape index (κ1) is 28.8. The fourth-order valence-corrected chi connectivity index (χ4v) is 5.39. The molecule has 0 spiro atoms. The van der Waals surface area contributed by atoms with Crippen LogP contribution < -0.4 is 24.6 Å². The summed E-state index contributed by atoms with van der Waals surface area (Å²) in [4.78, 5) is 30.9. The van der Waals surface area contributed by atoms with Gasteiger partial charge in [-0.1, -0.05) is 18.2 Å². The van der Waals surface area contributed by atoms with Crippen LogP contribution in [0.2, 0.25) is 0 Å². The van der Waals surface area contributed by atoms with Gasteiger partial charge in [0.05, 0.1) is 31.9 Å². The summed E-state index contributed by atoms with van der Waals surface area (Å²) < 4.78 is 16.0. The number of nitrogens with zero attached hydrogens (tertiary/aromatic N) is 2. The molecule has 3 aromatic carbocycles. The molecule has 0 unspecified atom stereocenters. The number of ketones is 1. The van der Waals surface area contributed by atoms with Gasteiger partial charge in [-0.3, -0.25) is 9.59 Å². The molecule has 1 fully saturated rings. The first-order valence-electron chi connectivity index (χ1n) is 14.2. The molecule has 42 heavy (non-hydrogen) atoms. The monoisotopic (exact) mass is 567 g/mol. The molecule has 0 atom stereocenters. The summed E-state index contributed by atoms with van der Waals surface area (Å²) in [6.45, 7) is 5.41. The average molecular weight is 568 g/mol. The molecule has 218 valence electrons. The standard InChI is InChI=1S/C34H37N3O5/c1-24-8-4-5-10-30(24)36-15-17-37(18-16-36)31-14-13-26(22-29(31)35-34(39)33-12-7-19-42-33)32(38)11-6-9-25-20-27(40-2)23-28(21-25)41-3/h4-5,7-8,10,12-14,19-23H,6,9,11,15-18H2,1-3H3,(H,35,39). The van der Waals surface area contributed by atoms with E-state index in [1.807, 2.05) is 30.3 Å². The Bertz CT molecular complexity index is 1500. The smallest absolute Gasteiger partial charge is 0.291 e. The molecule has 5 rings (SSSR count). The second kappa shape index (κ2) is 13.3. The third-order valence-corrected chi connectivity index (χ3v) is 7.67. The number of methoxy groups -OCH3 is 2. The molecule has 1 N–H and O–H groups in total. The summed E-state index contributed by atoms with van der Waals surface area (Å²) in [7, 11) is 3.25. The molecule has 1 aliphatic heterocycles. The molecule has 8 nitrogen and oxygen atoms in total. The highest BCUT2D eigenvalue weighted by molar-refractivity contribution is 6.06. The lowest BCUT2D eigenvalue weighted by molar-refractivity contribution is 0.0975. The lowest BCUT2D eigenvalue weighted by Gasteiger charge is -2.38. The predicted molar refractivity (Wildman–Crippen MR) is 166 cm³/mol. The topological polar surface area (TPSA) is 84.3 Å². The van der Waals surface area contributed by atoms with E-state index >= 15 is 0 Å². The number of nitrogens with one attached hydrogen (secondary N) is 1. The van der Waals surface area contributed by atoms with Crippen molar-refractivity contribution in [3.05, 3.63) is 102 Å². The van der Waals surface area contributed by atoms with E-state index in [1.165, 1.54) is 17.5 Å². The van der Waals surface area contributed by atoms with Gasteiger partial charge in [0, 0.05) is 49.9 Å². The van der Waals surface area contributed by atoms with E-state index in [1.54, 1.807) is 32.4 Å². The lowest BCUT2D eigenvalue weighted by atomic mass is 10.0. The number of ether oxygens (including phenoxy) is 2. The fourth-order valence-electron chi connectivity index (χ4n) is 5.39. The van der Waals surface area contributed by atoms with Crippen LogP contribution in [0, 0.1) is 6.92 Å². The van der Waals surface area contributed by atoms with Crippen LogP contribution in [0.5, 0.6) is 11.5 Å². The fraction of sp³-hybridized carbons (Fsp3) is 0.294. The van der Waals surface area contributed by atoms with Crippen molar-refractivity contribution >= 4 is 28.8 Å². The van der Waals surface area contributed by atoms with Crippen molar-refractivity contribution in [1.29, 1.82) is 0 Å². The maximum Gasteiger partial charge on any atom is 0.291 e. The summed E-state index contributed by atoms with van der Waals surface area (Å²) in [5.41, 5.74) is 5.60. The van der Waals surface area contributed by atoms with E-state index < -0.39 is 0 Å². The Morgan fingerprint density at radius 3 is 2.17 bits per heavy atom. The maximum absolute atomic E-state index is 13.3. The number of para-hydroxylation sites is 1. The van der Waals surface area contributed by atoms with Gasteiger partial charge in [0.2, 0.25) is 0 Å². The summed E-state index contributed by atoms with van der Waals surface area (Å²) in [5.74, 6) is 1.34. The minimum Gasteiger partial charge on any atom is -0.497 e. The highest BCUT2D eigenvalue weighted by Crippen LogP contribution is 2.31. The van der Waals surface area contributed by atoms with E-state index in [-0.39, 0.29) is 17.5 Å². The van der Waals surface area contributed by atoms with Crippen molar-refractivity contribution in [1.82, 2.24) is 0 Å². The molecule has 2 heterocycles. The summed E-state index contributed by atoms with van der Waals surface area (Å²) in [5, 5.41) is 3.00. The zero-order valence-electron chi connectivity index (χ0n) is 24.4. The number of anilines is 3. The molecule has 1 saturated heterocycles. The number of aryl methyl sites for hydroxylation is 2. The number of hydrogen-bond acceptors (Lipinski definition) is 7. The zero-order chi connectivity index (χ0) is 29.5. The van der Waals surface area contributed by atoms with E-state index in [0.29, 0.717) is 30.5 Å². The number of hydrogen-bond donors (Lipinski definition) is 1. The van der Waals surface area contributed by atoms with Crippen LogP contribution in [0.25, 0.3) is 0 Å². The molecular weight excluding hydrogens is 530 g/mol. The third kappa shape index (κ3) is 6.77. The number of furan rings is 1. The molecule has 8 heteroatoms. The Labute approximate surface area is 246 Å². The molecule has 1 aliphatic rings. The Morgan fingerprint density at radius 1 is 0.833 bits per heavy atom. The van der Waals surface area contributed by atoms with Gasteiger partial charge in [0.15, 0.2) is 11.5 Å². The molecular formula is C34H37N3O5. The van der Waals surface area contributed by atoms with E-state index in [9.17, 15) is 9.59 Å². The Hall–Kier alpha value is -4.72. The van der Waals surface area contributed by atoms with Gasteiger partial charge in [0.25, 0.3) is 5.91 Å². The number of benzene rings is 3. The normalized spacial score (nSPS) is 13.1. The minimum absolute atomic E-state index is 0.0225. The van der Waals surface area contributed by atoms with Gasteiger partial charge in [-0.25, -0.2) is 0 Å². The van der Waals surface area contributed by atoms with Crippen LogP contribution in [-0.2, 0) is 6.42 Å². The van der Waals surface area contributed by atoms with Crippen LogP contribution in [0.4, 0.5) is 17.1 Å². The minimum atomic E-state index is -0.351. The first-order valence-corrected chi connectivity index (χ1v) is 14.2. The third-order valence-electron chi connectivity index (χ3n) is 7.67. The van der Waals surface area contributed by atoms with Crippen molar-refractivity contribution in [2.24, 2.45) is 0 Å². The quantitative estimate of drug-likeness (QED) is 0.210. The SMILES string of the molecule is COc1cc(CCCC(=O)c2ccc(N3CCN(c4ccccc4C)CC3)c(NC(=O)c3ccco3)c2)cc(OC)c1. The first-order chi connectivity index (χ1) is 20.4. The number of piperazine rings is 1. The highest BCUT2D eigenvalue weighted by atomic mass is 16.5. The Kier molecular flexibility index (Phi) is 9.12. The number of carbonyl (C=O) groups is 2. The summed E-state index contributed by atoms with van der Waals surface area (Å²) in [6.07, 6.45) is 3.23. The predicted octanol–water partition coefficient (Wildman–Crippen LogP) is 6.39. The zero-order valence-corrected chi connectivity index (χ0v) is 24.4. The van der Waals surface area contributed by atoms with Crippen LogP contribution in [0.1, 0.15) is 44.9 Å². The van der Waals surface area contributed by atoms with E-state index in [4.69, 9.17) is 13.9 Å². The van der Waals surface area contributed by atoms with Gasteiger partial charge in [-0.15, -0.1) is 0 Å². The van der Waals surface area contributed by atoms with Crippen LogP contribution in [0.15, 0.2) is 83.5 Å². The maximum atomic E-state index is 13.3. The molecule has 0 radical (unpaired) electrons. The lowest BCUT2D eigenvalue weighted by Crippen LogP contribution is -2.47. The molecule has 1 amide bonds. The number of amides is 1. The highest BCUT2D eigenvalue weighted by Gasteiger charge is 2.23. The van der Waals surface area contributed by atoms with Gasteiger partial charge >= 0.3 is 0 Å². The molecule has 0 saturated carbocycles. The van der Waals surface area contributed by atoms with Gasteiger partial charge in [-0.05, 0) is 79.4 Å². The van der Waals surface area contributed by atoms with Crippen molar-refractivity contribution < 1.29 is 23.5 Å². The van der Waals surface area contributed by atoms with Crippen LogP contribution in [0.3, 0.4) is 0 Å². The van der Waals surface area contributed by atoms with Crippen molar-refractivity contribution in [3.8, 4) is 11.5 Å². The second-order valence-electron chi connectivity index (χ2n) is 10.4. The largest absolute Gasteiger partial charge is 0.497 e. The van der Waals surface area contributed by atoms with Gasteiger partial charge < -0.3 is 29.0 Å². The van der Waals surface area contributed by atoms with Crippen molar-refractivity contribution in [2.45, 2.75) is 26.2 Å². The van der Waals surface area contributed by atoms with Gasteiger partial charge in [-0.2, -0.15) is 0 Å². The number of rotatable bonds is 11. The van der Waals surface area contributed by atoms with Crippen LogP contribution in [-0.4, -0.2) is 52.1 Å².